The molecule has 0 saturated heterocycles. The smallest absolute Gasteiger partial charge is 0.357 e. The van der Waals surface area contributed by atoms with E-state index in [0.717, 1.165) is 11.3 Å². The lowest BCUT2D eigenvalue weighted by Gasteiger charge is -2.28. The highest BCUT2D eigenvalue weighted by molar-refractivity contribution is 8.16. The molecule has 2 aliphatic rings. The first-order valence-corrected chi connectivity index (χ1v) is 9.42. The zero-order valence-corrected chi connectivity index (χ0v) is 15.8. The maximum absolute atomic E-state index is 13.1. The average molecular weight is 390 g/mol. The monoisotopic (exact) mass is 390 g/mol. The van der Waals surface area contributed by atoms with Crippen LogP contribution in [0.5, 0.6) is 5.75 Å². The van der Waals surface area contributed by atoms with Crippen molar-refractivity contribution in [3.05, 3.63) is 83.8 Å². The van der Waals surface area contributed by atoms with Crippen LogP contribution in [0.2, 0.25) is 0 Å². The molecule has 1 unspecified atom stereocenters. The Morgan fingerprint density at radius 2 is 2.00 bits per heavy atom. The lowest BCUT2D eigenvalue weighted by Crippen LogP contribution is -2.51. The van der Waals surface area contributed by atoms with Crippen LogP contribution >= 0.6 is 11.8 Å². The second-order valence-corrected chi connectivity index (χ2v) is 7.01. The largest absolute Gasteiger partial charge is 0.427 e. The van der Waals surface area contributed by atoms with Gasteiger partial charge in [0.05, 0.1) is 11.8 Å². The molecule has 7 heteroatoms. The number of esters is 1. The third-order valence-electron chi connectivity index (χ3n) is 4.24. The predicted octanol–water partition coefficient (Wildman–Crippen LogP) is 4.03. The number of aliphatic imine (C=N–C) groups is 1. The fourth-order valence-corrected chi connectivity index (χ4v) is 3.90. The molecule has 1 aromatic carbocycles. The molecule has 0 spiro atoms. The highest BCUT2D eigenvalue weighted by Crippen LogP contribution is 2.39. The van der Waals surface area contributed by atoms with Crippen LogP contribution in [-0.2, 0) is 9.59 Å². The van der Waals surface area contributed by atoms with Gasteiger partial charge in [-0.1, -0.05) is 12.1 Å². The van der Waals surface area contributed by atoms with Crippen LogP contribution in [0.15, 0.2) is 83.2 Å². The first-order chi connectivity index (χ1) is 13.6. The number of quaternary nitrogens is 1. The van der Waals surface area contributed by atoms with Gasteiger partial charge in [0.2, 0.25) is 0 Å². The van der Waals surface area contributed by atoms with E-state index in [1.165, 1.54) is 24.8 Å². The Kier molecular flexibility index (Phi) is 4.77. The van der Waals surface area contributed by atoms with Gasteiger partial charge >= 0.3 is 11.9 Å². The van der Waals surface area contributed by atoms with E-state index in [0.29, 0.717) is 16.6 Å². The summed E-state index contributed by atoms with van der Waals surface area (Å²) < 4.78 is 4.97. The molecule has 0 bridgehead atoms. The molecule has 0 aliphatic carbocycles. The van der Waals surface area contributed by atoms with Gasteiger partial charge in [-0.3, -0.25) is 9.78 Å². The molecule has 0 N–H and O–H groups in total. The van der Waals surface area contributed by atoms with Gasteiger partial charge in [-0.2, -0.15) is 4.99 Å². The van der Waals surface area contributed by atoms with E-state index in [9.17, 15) is 9.59 Å². The lowest BCUT2D eigenvalue weighted by molar-refractivity contribution is -0.131. The molecule has 4 rings (SSSR count). The Labute approximate surface area is 166 Å². The van der Waals surface area contributed by atoms with E-state index >= 15 is 0 Å². The number of ether oxygens (including phenoxy) is 1. The van der Waals surface area contributed by atoms with Crippen molar-refractivity contribution >= 4 is 40.6 Å². The molecule has 1 aromatic heterocycles. The minimum Gasteiger partial charge on any atom is -0.427 e. The number of hydrogen-bond donors (Lipinski definition) is 0. The quantitative estimate of drug-likeness (QED) is 0.448. The number of fused-ring (bicyclic) bond motifs is 1. The van der Waals surface area contributed by atoms with E-state index in [-0.39, 0.29) is 16.4 Å². The standard InChI is InChI=1S/C21H16N3O3S/c1-15(25)27-19-8-6-18(7-9-19)24-11-12-28-21(24)23-17(13-20(24)26)5-4-16-3-2-10-22-14-16/h2-14H,1H3/q+1/b5-4+. The van der Waals surface area contributed by atoms with Crippen molar-refractivity contribution in [2.45, 2.75) is 6.92 Å². The first kappa shape index (κ1) is 18.1. The molecule has 0 fully saturated rings. The molecule has 138 valence electrons. The summed E-state index contributed by atoms with van der Waals surface area (Å²) in [5.41, 5.74) is 2.25. The van der Waals surface area contributed by atoms with Crippen molar-refractivity contribution in [1.29, 1.82) is 0 Å². The third kappa shape index (κ3) is 3.33. The summed E-state index contributed by atoms with van der Waals surface area (Å²) in [6.45, 7) is 1.35. The normalized spacial score (nSPS) is 20.7. The second-order valence-electron chi connectivity index (χ2n) is 6.13. The van der Waals surface area contributed by atoms with E-state index in [2.05, 4.69) is 9.98 Å². The Bertz CT molecular complexity index is 1060. The van der Waals surface area contributed by atoms with E-state index < -0.39 is 0 Å². The topological polar surface area (TPSA) is 68.6 Å². The van der Waals surface area contributed by atoms with Crippen LogP contribution in [0.1, 0.15) is 12.5 Å². The molecule has 3 heterocycles. The van der Waals surface area contributed by atoms with E-state index in [4.69, 9.17) is 4.74 Å². The van der Waals surface area contributed by atoms with Gasteiger partial charge in [0.1, 0.15) is 11.9 Å². The van der Waals surface area contributed by atoms with Crippen molar-refractivity contribution in [1.82, 2.24) is 9.47 Å². The van der Waals surface area contributed by atoms with Crippen LogP contribution in [0.4, 0.5) is 5.69 Å². The number of carbonyl (C=O) groups is 2. The van der Waals surface area contributed by atoms with Crippen molar-refractivity contribution in [2.75, 3.05) is 0 Å². The number of nitrogens with zero attached hydrogens (tertiary/aromatic N) is 3. The summed E-state index contributed by atoms with van der Waals surface area (Å²) in [5, 5.41) is 2.51. The van der Waals surface area contributed by atoms with Crippen molar-refractivity contribution in [3.8, 4) is 5.75 Å². The average Bonchev–Trinajstić information content (AvgIpc) is 3.13. The second kappa shape index (κ2) is 7.38. The molecule has 6 nitrogen and oxygen atoms in total. The van der Waals surface area contributed by atoms with E-state index in [1.54, 1.807) is 42.7 Å². The highest BCUT2D eigenvalue weighted by atomic mass is 32.2. The number of rotatable bonds is 4. The molecule has 2 aromatic rings. The van der Waals surface area contributed by atoms with E-state index in [1.807, 2.05) is 29.8 Å². The van der Waals surface area contributed by atoms with Gasteiger partial charge < -0.3 is 4.74 Å². The first-order valence-electron chi connectivity index (χ1n) is 8.54. The molecule has 0 saturated carbocycles. The predicted molar refractivity (Wildman–Crippen MR) is 110 cm³/mol. The summed E-state index contributed by atoms with van der Waals surface area (Å²) >= 11 is 1.41. The maximum atomic E-state index is 13.1. The van der Waals surface area contributed by atoms with Gasteiger partial charge in [-0.25, -0.2) is 4.79 Å². The van der Waals surface area contributed by atoms with Crippen molar-refractivity contribution in [2.24, 2.45) is 4.99 Å². The summed E-state index contributed by atoms with van der Waals surface area (Å²) in [6.07, 6.45) is 10.5. The number of benzene rings is 1. The summed E-state index contributed by atoms with van der Waals surface area (Å²) in [4.78, 5) is 32.9. The summed E-state index contributed by atoms with van der Waals surface area (Å²) in [7, 11) is 0. The van der Waals surface area contributed by atoms with Gasteiger partial charge in [0.25, 0.3) is 5.17 Å². The number of amidine groups is 1. The minimum absolute atomic E-state index is 0.102. The number of carbonyl (C=O) groups excluding carboxylic acids is 2. The van der Waals surface area contributed by atoms with Gasteiger partial charge in [-0.05, 0) is 41.6 Å². The molecular weight excluding hydrogens is 374 g/mol. The van der Waals surface area contributed by atoms with Crippen LogP contribution < -0.4 is 9.22 Å². The highest BCUT2D eigenvalue weighted by Gasteiger charge is 2.48. The van der Waals surface area contributed by atoms with Crippen LogP contribution in [0, 0.1) is 0 Å². The molecule has 1 atom stereocenters. The fraction of sp³-hybridized carbons (Fsp3) is 0.0476. The Morgan fingerprint density at radius 1 is 1.18 bits per heavy atom. The lowest BCUT2D eigenvalue weighted by atomic mass is 10.2. The Balaban J connectivity index is 1.64. The molecule has 2 aliphatic heterocycles. The fourth-order valence-electron chi connectivity index (χ4n) is 2.95. The molecule has 28 heavy (non-hydrogen) atoms. The summed E-state index contributed by atoms with van der Waals surface area (Å²) in [5.74, 6) is -0.0677. The van der Waals surface area contributed by atoms with Crippen LogP contribution in [0.25, 0.3) is 6.08 Å². The van der Waals surface area contributed by atoms with Crippen LogP contribution in [-0.4, -0.2) is 22.0 Å². The Morgan fingerprint density at radius 3 is 2.71 bits per heavy atom. The zero-order valence-electron chi connectivity index (χ0n) is 15.0. The number of pyridine rings is 1. The van der Waals surface area contributed by atoms with Gasteiger partial charge in [0.15, 0.2) is 5.69 Å². The maximum Gasteiger partial charge on any atom is 0.357 e. The number of amides is 1. The number of aromatic nitrogens is 1. The zero-order chi connectivity index (χ0) is 19.6. The molecule has 0 radical (unpaired) electrons. The number of thioether (sulfide) groups is 1. The Hall–Kier alpha value is -3.29. The summed E-state index contributed by atoms with van der Waals surface area (Å²) in [6, 6.07) is 10.7. The van der Waals surface area contributed by atoms with Crippen LogP contribution in [0.3, 0.4) is 0 Å². The van der Waals surface area contributed by atoms with Crippen molar-refractivity contribution < 1.29 is 14.3 Å². The molecular formula is C21H16N3O3S+. The minimum atomic E-state index is -0.388. The van der Waals surface area contributed by atoms with Gasteiger partial charge in [-0.15, -0.1) is 4.48 Å². The molecule has 1 amide bonds. The number of allylic oxidation sites excluding steroid dienone is 1. The third-order valence-corrected chi connectivity index (χ3v) is 5.09. The number of hydrogen-bond acceptors (Lipinski definition) is 6. The van der Waals surface area contributed by atoms with Gasteiger partial charge in [0, 0.05) is 36.9 Å². The SMILES string of the molecule is CC(=O)Oc1ccc([N+]23C=CSC2=NC(/C=C/c2cccnc2)=CC3=O)cc1. The van der Waals surface area contributed by atoms with Crippen molar-refractivity contribution in [3.63, 3.8) is 0 Å².